The highest BCUT2D eigenvalue weighted by Gasteiger charge is 2.27. The first kappa shape index (κ1) is 20.6. The monoisotopic (exact) mass is 442 g/mol. The Kier molecular flexibility index (Phi) is 5.86. The number of pyridine rings is 1. The van der Waals surface area contributed by atoms with Crippen molar-refractivity contribution in [2.24, 2.45) is 5.92 Å². The summed E-state index contributed by atoms with van der Waals surface area (Å²) < 4.78 is 0. The zero-order chi connectivity index (χ0) is 21.9. The molecule has 0 bridgehead atoms. The van der Waals surface area contributed by atoms with Crippen LogP contribution in [0.4, 0.5) is 5.69 Å². The molecule has 5 nitrogen and oxygen atoms in total. The summed E-state index contributed by atoms with van der Waals surface area (Å²) in [5, 5.41) is 7.29. The topological polar surface area (TPSA) is 58.1 Å². The van der Waals surface area contributed by atoms with Gasteiger partial charge < -0.3 is 10.2 Å². The zero-order valence-electron chi connectivity index (χ0n) is 18.1. The molecule has 2 aromatic heterocycles. The molecule has 1 atom stereocenters. The number of piperidine rings is 1. The molecular weight excluding hydrogens is 416 g/mol. The van der Waals surface area contributed by atoms with Gasteiger partial charge in [-0.1, -0.05) is 42.0 Å². The summed E-state index contributed by atoms with van der Waals surface area (Å²) in [5.41, 5.74) is 5.40. The molecule has 1 aliphatic rings. The van der Waals surface area contributed by atoms with Gasteiger partial charge in [-0.3, -0.25) is 9.78 Å². The maximum Gasteiger partial charge on any atom is 0.225 e. The van der Waals surface area contributed by atoms with Gasteiger partial charge in [-0.15, -0.1) is 11.3 Å². The number of thiazole rings is 1. The zero-order valence-corrected chi connectivity index (χ0v) is 18.9. The van der Waals surface area contributed by atoms with Crippen LogP contribution in [0.5, 0.6) is 0 Å². The average Bonchev–Trinajstić information content (AvgIpc) is 3.32. The highest BCUT2D eigenvalue weighted by molar-refractivity contribution is 7.13. The molecule has 3 heterocycles. The molecule has 1 unspecified atom stereocenters. The molecule has 32 heavy (non-hydrogen) atoms. The largest absolute Gasteiger partial charge is 0.370 e. The fraction of sp³-hybridized carbons (Fsp3) is 0.269. The van der Waals surface area contributed by atoms with Crippen molar-refractivity contribution in [3.05, 3.63) is 77.4 Å². The van der Waals surface area contributed by atoms with Gasteiger partial charge in [0.15, 0.2) is 0 Å². The number of rotatable bonds is 5. The summed E-state index contributed by atoms with van der Waals surface area (Å²) in [6.07, 6.45) is 3.78. The number of anilines is 1. The lowest BCUT2D eigenvalue weighted by atomic mass is 9.96. The minimum Gasteiger partial charge on any atom is -0.370 e. The maximum absolute atomic E-state index is 13.0. The molecule has 162 valence electrons. The first-order valence-corrected chi connectivity index (χ1v) is 11.9. The number of aryl methyl sites for hydroxylation is 1. The van der Waals surface area contributed by atoms with E-state index in [2.05, 4.69) is 63.5 Å². The van der Waals surface area contributed by atoms with E-state index in [9.17, 15) is 4.79 Å². The van der Waals surface area contributed by atoms with Crippen LogP contribution >= 0.6 is 11.3 Å². The average molecular weight is 443 g/mol. The Morgan fingerprint density at radius 1 is 1.19 bits per heavy atom. The molecule has 0 saturated carbocycles. The van der Waals surface area contributed by atoms with Crippen molar-refractivity contribution in [1.82, 2.24) is 15.3 Å². The Hall–Kier alpha value is -3.25. The number of carbonyl (C=O) groups is 1. The number of carbonyl (C=O) groups excluding carboxylic acids is 1. The van der Waals surface area contributed by atoms with Crippen LogP contribution in [0.3, 0.4) is 0 Å². The summed E-state index contributed by atoms with van der Waals surface area (Å²) in [7, 11) is 0. The molecule has 1 aliphatic heterocycles. The molecule has 0 radical (unpaired) electrons. The van der Waals surface area contributed by atoms with Gasteiger partial charge in [-0.05, 0) is 38.0 Å². The quantitative estimate of drug-likeness (QED) is 0.462. The predicted molar refractivity (Wildman–Crippen MR) is 131 cm³/mol. The van der Waals surface area contributed by atoms with Gasteiger partial charge >= 0.3 is 0 Å². The molecule has 0 aliphatic carbocycles. The van der Waals surface area contributed by atoms with Crippen LogP contribution < -0.4 is 10.2 Å². The predicted octanol–water partition coefficient (Wildman–Crippen LogP) is 5.20. The third kappa shape index (κ3) is 4.36. The molecule has 1 saturated heterocycles. The van der Waals surface area contributed by atoms with Gasteiger partial charge in [0, 0.05) is 41.3 Å². The Morgan fingerprint density at radius 3 is 2.94 bits per heavy atom. The number of hydrogen-bond acceptors (Lipinski definition) is 5. The highest BCUT2D eigenvalue weighted by Crippen LogP contribution is 2.30. The van der Waals surface area contributed by atoms with Crippen LogP contribution in [0.2, 0.25) is 0 Å². The number of benzene rings is 2. The van der Waals surface area contributed by atoms with Crippen LogP contribution in [-0.2, 0) is 11.3 Å². The number of amides is 1. The Morgan fingerprint density at radius 2 is 2.06 bits per heavy atom. The standard InChI is InChI=1S/C26H26N4OS/c1-18-9-10-23-22(14-18)24(11-12-27-23)30-13-5-8-20(16-30)25(31)28-15-21-17-32-26(29-21)19-6-3-2-4-7-19/h2-4,6-7,9-12,14,17,20H,5,8,13,15-16H2,1H3,(H,28,31). The van der Waals surface area contributed by atoms with Crippen LogP contribution in [0.15, 0.2) is 66.2 Å². The molecule has 4 aromatic rings. The lowest BCUT2D eigenvalue weighted by Crippen LogP contribution is -2.43. The number of hydrogen-bond donors (Lipinski definition) is 1. The Labute approximate surface area is 192 Å². The van der Waals surface area contributed by atoms with Crippen molar-refractivity contribution in [3.8, 4) is 10.6 Å². The van der Waals surface area contributed by atoms with Crippen LogP contribution in [-0.4, -0.2) is 29.0 Å². The second-order valence-electron chi connectivity index (χ2n) is 8.36. The molecule has 2 aromatic carbocycles. The third-order valence-corrected chi connectivity index (χ3v) is 6.96. The smallest absolute Gasteiger partial charge is 0.225 e. The summed E-state index contributed by atoms with van der Waals surface area (Å²) in [5.74, 6) is 0.0857. The second-order valence-corrected chi connectivity index (χ2v) is 9.22. The minimum absolute atomic E-state index is 0.0241. The van der Waals surface area contributed by atoms with Crippen LogP contribution in [0.25, 0.3) is 21.5 Å². The van der Waals surface area contributed by atoms with Gasteiger partial charge in [-0.25, -0.2) is 4.98 Å². The lowest BCUT2D eigenvalue weighted by molar-refractivity contribution is -0.125. The van der Waals surface area contributed by atoms with E-state index in [1.807, 2.05) is 29.8 Å². The van der Waals surface area contributed by atoms with Crippen molar-refractivity contribution < 1.29 is 4.79 Å². The molecule has 1 fully saturated rings. The van der Waals surface area contributed by atoms with Crippen molar-refractivity contribution in [1.29, 1.82) is 0 Å². The van der Waals surface area contributed by atoms with Gasteiger partial charge in [0.2, 0.25) is 5.91 Å². The summed E-state index contributed by atoms with van der Waals surface area (Å²) in [4.78, 5) is 24.5. The summed E-state index contributed by atoms with van der Waals surface area (Å²) in [6.45, 7) is 4.26. The van der Waals surface area contributed by atoms with E-state index in [-0.39, 0.29) is 11.8 Å². The van der Waals surface area contributed by atoms with E-state index in [1.165, 1.54) is 11.3 Å². The SMILES string of the molecule is Cc1ccc2nccc(N3CCCC(C(=O)NCc4csc(-c5ccccc5)n4)C3)c2c1. The number of aromatic nitrogens is 2. The molecular formula is C26H26N4OS. The van der Waals surface area contributed by atoms with Crippen LogP contribution in [0, 0.1) is 12.8 Å². The first-order chi connectivity index (χ1) is 15.7. The van der Waals surface area contributed by atoms with E-state index in [0.717, 1.165) is 53.1 Å². The van der Waals surface area contributed by atoms with Crippen molar-refractivity contribution in [2.75, 3.05) is 18.0 Å². The molecule has 0 spiro atoms. The van der Waals surface area contributed by atoms with E-state index in [4.69, 9.17) is 0 Å². The van der Waals surface area contributed by atoms with Gasteiger partial charge in [0.1, 0.15) is 5.01 Å². The van der Waals surface area contributed by atoms with Gasteiger partial charge in [0.05, 0.1) is 23.7 Å². The number of fused-ring (bicyclic) bond motifs is 1. The van der Waals surface area contributed by atoms with Gasteiger partial charge in [-0.2, -0.15) is 0 Å². The van der Waals surface area contributed by atoms with E-state index >= 15 is 0 Å². The fourth-order valence-electron chi connectivity index (χ4n) is 4.35. The molecule has 1 N–H and O–H groups in total. The van der Waals surface area contributed by atoms with E-state index in [0.29, 0.717) is 6.54 Å². The lowest BCUT2D eigenvalue weighted by Gasteiger charge is -2.34. The van der Waals surface area contributed by atoms with Gasteiger partial charge in [0.25, 0.3) is 0 Å². The van der Waals surface area contributed by atoms with Crippen LogP contribution in [0.1, 0.15) is 24.1 Å². The van der Waals surface area contributed by atoms with Crippen molar-refractivity contribution >= 4 is 33.8 Å². The number of nitrogens with one attached hydrogen (secondary N) is 1. The molecule has 6 heteroatoms. The summed E-state index contributed by atoms with van der Waals surface area (Å²) in [6, 6.07) is 18.6. The third-order valence-electron chi connectivity index (χ3n) is 6.02. The Balaban J connectivity index is 1.25. The second kappa shape index (κ2) is 9.09. The highest BCUT2D eigenvalue weighted by atomic mass is 32.1. The number of nitrogens with zero attached hydrogens (tertiary/aromatic N) is 3. The molecule has 5 rings (SSSR count). The van der Waals surface area contributed by atoms with E-state index < -0.39 is 0 Å². The summed E-state index contributed by atoms with van der Waals surface area (Å²) >= 11 is 1.61. The minimum atomic E-state index is -0.0241. The first-order valence-electron chi connectivity index (χ1n) is 11.1. The van der Waals surface area contributed by atoms with E-state index in [1.54, 1.807) is 11.3 Å². The normalized spacial score (nSPS) is 16.3. The maximum atomic E-state index is 13.0. The van der Waals surface area contributed by atoms with Crippen molar-refractivity contribution in [3.63, 3.8) is 0 Å². The van der Waals surface area contributed by atoms with Crippen molar-refractivity contribution in [2.45, 2.75) is 26.3 Å². The fourth-order valence-corrected chi connectivity index (χ4v) is 5.18. The Bertz CT molecular complexity index is 1240. The molecule has 1 amide bonds.